The molecule has 2 aromatic carbocycles. The van der Waals surface area contributed by atoms with Gasteiger partial charge in [0, 0.05) is 24.3 Å². The lowest BCUT2D eigenvalue weighted by molar-refractivity contribution is 0.248. The van der Waals surface area contributed by atoms with E-state index in [1.807, 2.05) is 42.5 Å². The summed E-state index contributed by atoms with van der Waals surface area (Å²) in [6.07, 6.45) is 0. The number of hydrogen-bond acceptors (Lipinski definition) is 1. The minimum atomic E-state index is -0.0918. The third-order valence-electron chi connectivity index (χ3n) is 2.80. The van der Waals surface area contributed by atoms with Crippen LogP contribution in [0, 0.1) is 0 Å². The number of halogens is 1. The van der Waals surface area contributed by atoms with Crippen LogP contribution in [0.3, 0.4) is 0 Å². The Morgan fingerprint density at radius 2 is 1.94 bits per heavy atom. The van der Waals surface area contributed by atoms with Gasteiger partial charge in [-0.05, 0) is 11.5 Å². The van der Waals surface area contributed by atoms with E-state index in [4.69, 9.17) is 0 Å². The summed E-state index contributed by atoms with van der Waals surface area (Å²) in [5, 5.41) is 5.80. The Balaban J connectivity index is 2.32. The number of urea groups is 1. The van der Waals surface area contributed by atoms with Crippen molar-refractivity contribution >= 4 is 38.4 Å². The van der Waals surface area contributed by atoms with Crippen molar-refractivity contribution in [3.63, 3.8) is 0 Å². The van der Waals surface area contributed by atoms with Crippen LogP contribution in [0.2, 0.25) is 0 Å². The molecule has 18 heavy (non-hydrogen) atoms. The molecule has 1 N–H and O–H groups in total. The Bertz CT molecular complexity index is 551. The molecule has 0 aliphatic rings. The maximum atomic E-state index is 11.9. The molecule has 2 amide bonds. The largest absolute Gasteiger partial charge is 0.337 e. The van der Waals surface area contributed by atoms with E-state index in [2.05, 4.69) is 21.2 Å². The van der Waals surface area contributed by atoms with Gasteiger partial charge in [0.15, 0.2) is 0 Å². The lowest BCUT2D eigenvalue weighted by Crippen LogP contribution is -2.38. The molecule has 3 nitrogen and oxygen atoms in total. The van der Waals surface area contributed by atoms with Crippen molar-refractivity contribution in [3.05, 3.63) is 42.5 Å². The summed E-state index contributed by atoms with van der Waals surface area (Å²) in [5.74, 6) is 0. The van der Waals surface area contributed by atoms with Crippen LogP contribution in [0.1, 0.15) is 0 Å². The molecule has 0 aliphatic heterocycles. The van der Waals surface area contributed by atoms with Crippen molar-refractivity contribution in [2.75, 3.05) is 23.8 Å². The van der Waals surface area contributed by atoms with Crippen molar-refractivity contribution in [3.8, 4) is 0 Å². The molecule has 0 unspecified atom stereocenters. The van der Waals surface area contributed by atoms with Crippen molar-refractivity contribution in [2.24, 2.45) is 0 Å². The number of benzene rings is 2. The van der Waals surface area contributed by atoms with Crippen molar-refractivity contribution < 1.29 is 4.79 Å². The highest BCUT2D eigenvalue weighted by molar-refractivity contribution is 9.09. The van der Waals surface area contributed by atoms with Crippen LogP contribution in [-0.4, -0.2) is 25.0 Å². The molecule has 0 radical (unpaired) electrons. The van der Waals surface area contributed by atoms with Gasteiger partial charge < -0.3 is 5.32 Å². The maximum Gasteiger partial charge on any atom is 0.321 e. The summed E-state index contributed by atoms with van der Waals surface area (Å²) in [6, 6.07) is 13.9. The number of carbonyl (C=O) groups is 1. The molecule has 0 heterocycles. The summed E-state index contributed by atoms with van der Waals surface area (Å²) in [5.41, 5.74) is 0.917. The lowest BCUT2D eigenvalue weighted by Gasteiger charge is -2.19. The van der Waals surface area contributed by atoms with Crippen molar-refractivity contribution in [2.45, 2.75) is 0 Å². The van der Waals surface area contributed by atoms with E-state index in [1.165, 1.54) is 0 Å². The maximum absolute atomic E-state index is 11.9. The van der Waals surface area contributed by atoms with Gasteiger partial charge in [0.25, 0.3) is 0 Å². The van der Waals surface area contributed by atoms with Gasteiger partial charge in [0.1, 0.15) is 0 Å². The number of carbonyl (C=O) groups excluding carboxylic acids is 1. The van der Waals surface area contributed by atoms with Gasteiger partial charge in [0.05, 0.1) is 5.69 Å². The van der Waals surface area contributed by atoms with E-state index in [-0.39, 0.29) is 6.03 Å². The summed E-state index contributed by atoms with van der Waals surface area (Å²) < 4.78 is 0. The fourth-order valence-electron chi connectivity index (χ4n) is 1.88. The van der Waals surface area contributed by atoms with Crippen LogP contribution < -0.4 is 10.2 Å². The van der Waals surface area contributed by atoms with E-state index >= 15 is 0 Å². The average molecular weight is 307 g/mol. The number of amides is 2. The first kappa shape index (κ1) is 12.9. The van der Waals surface area contributed by atoms with Crippen molar-refractivity contribution in [1.82, 2.24) is 5.32 Å². The highest BCUT2D eigenvalue weighted by Gasteiger charge is 2.12. The molecule has 0 aromatic heterocycles. The molecule has 2 rings (SSSR count). The second-order valence-corrected chi connectivity index (χ2v) is 4.77. The lowest BCUT2D eigenvalue weighted by atomic mass is 10.1. The number of rotatable bonds is 3. The Hall–Kier alpha value is -1.55. The number of hydrogen-bond donors (Lipinski definition) is 1. The fraction of sp³-hybridized carbons (Fsp3) is 0.214. The number of fused-ring (bicyclic) bond motifs is 1. The van der Waals surface area contributed by atoms with Crippen LogP contribution in [0.5, 0.6) is 0 Å². The average Bonchev–Trinajstić information content (AvgIpc) is 2.43. The standard InChI is InChI=1S/C14H15BrN2O/c1-17(14(18)16-10-9-15)13-8-4-6-11-5-2-3-7-12(11)13/h2-8H,9-10H2,1H3,(H,16,18). The quantitative estimate of drug-likeness (QED) is 0.866. The topological polar surface area (TPSA) is 32.3 Å². The third-order valence-corrected chi connectivity index (χ3v) is 3.20. The molecular weight excluding hydrogens is 292 g/mol. The SMILES string of the molecule is CN(C(=O)NCCBr)c1cccc2ccccc12. The van der Waals surface area contributed by atoms with Crippen LogP contribution in [0.4, 0.5) is 10.5 Å². The molecule has 0 saturated carbocycles. The first-order valence-electron chi connectivity index (χ1n) is 5.79. The fourth-order valence-corrected chi connectivity index (χ4v) is 2.08. The Kier molecular flexibility index (Phi) is 4.20. The van der Waals surface area contributed by atoms with Gasteiger partial charge in [0.2, 0.25) is 0 Å². The Morgan fingerprint density at radius 3 is 2.72 bits per heavy atom. The van der Waals surface area contributed by atoms with Gasteiger partial charge in [-0.15, -0.1) is 0 Å². The highest BCUT2D eigenvalue weighted by Crippen LogP contribution is 2.25. The second kappa shape index (κ2) is 5.87. The smallest absolute Gasteiger partial charge is 0.321 e. The molecular formula is C14H15BrN2O. The van der Waals surface area contributed by atoms with Gasteiger partial charge in [-0.2, -0.15) is 0 Å². The van der Waals surface area contributed by atoms with E-state index in [1.54, 1.807) is 11.9 Å². The summed E-state index contributed by atoms with van der Waals surface area (Å²) >= 11 is 3.29. The Labute approximate surface area is 115 Å². The van der Waals surface area contributed by atoms with Crippen LogP contribution in [0.15, 0.2) is 42.5 Å². The molecule has 0 saturated heterocycles. The molecule has 0 fully saturated rings. The van der Waals surface area contributed by atoms with E-state index in [0.29, 0.717) is 6.54 Å². The third kappa shape index (κ3) is 2.64. The van der Waals surface area contributed by atoms with E-state index < -0.39 is 0 Å². The van der Waals surface area contributed by atoms with Gasteiger partial charge in [-0.1, -0.05) is 52.3 Å². The summed E-state index contributed by atoms with van der Waals surface area (Å²) in [6.45, 7) is 0.619. The van der Waals surface area contributed by atoms with Crippen LogP contribution in [0.25, 0.3) is 10.8 Å². The predicted molar refractivity (Wildman–Crippen MR) is 79.5 cm³/mol. The van der Waals surface area contributed by atoms with Crippen LogP contribution >= 0.6 is 15.9 Å². The zero-order valence-corrected chi connectivity index (χ0v) is 11.8. The zero-order chi connectivity index (χ0) is 13.0. The summed E-state index contributed by atoms with van der Waals surface area (Å²) in [7, 11) is 1.78. The van der Waals surface area contributed by atoms with Gasteiger partial charge in [-0.3, -0.25) is 4.90 Å². The Morgan fingerprint density at radius 1 is 1.22 bits per heavy atom. The number of alkyl halides is 1. The molecule has 2 aromatic rings. The van der Waals surface area contributed by atoms with E-state index in [9.17, 15) is 4.79 Å². The number of nitrogens with one attached hydrogen (secondary N) is 1. The molecule has 4 heteroatoms. The first-order chi connectivity index (χ1) is 8.74. The normalized spacial score (nSPS) is 10.3. The minimum Gasteiger partial charge on any atom is -0.337 e. The van der Waals surface area contributed by atoms with Gasteiger partial charge >= 0.3 is 6.03 Å². The summed E-state index contributed by atoms with van der Waals surface area (Å²) in [4.78, 5) is 13.6. The van der Waals surface area contributed by atoms with Crippen molar-refractivity contribution in [1.29, 1.82) is 0 Å². The molecule has 0 bridgehead atoms. The van der Waals surface area contributed by atoms with E-state index in [0.717, 1.165) is 21.8 Å². The molecule has 0 spiro atoms. The first-order valence-corrected chi connectivity index (χ1v) is 6.91. The molecule has 94 valence electrons. The number of anilines is 1. The van der Waals surface area contributed by atoms with Crippen LogP contribution in [-0.2, 0) is 0 Å². The monoisotopic (exact) mass is 306 g/mol. The predicted octanol–water partition coefficient (Wildman–Crippen LogP) is 3.38. The minimum absolute atomic E-state index is 0.0918. The van der Waals surface area contributed by atoms with Gasteiger partial charge in [-0.25, -0.2) is 4.79 Å². The molecule has 0 aliphatic carbocycles. The highest BCUT2D eigenvalue weighted by atomic mass is 79.9. The zero-order valence-electron chi connectivity index (χ0n) is 10.2. The second-order valence-electron chi connectivity index (χ2n) is 3.98. The number of nitrogens with zero attached hydrogens (tertiary/aromatic N) is 1. The molecule has 0 atom stereocenters.